The van der Waals surface area contributed by atoms with Gasteiger partial charge >= 0.3 is 0 Å². The van der Waals surface area contributed by atoms with E-state index in [9.17, 15) is 4.39 Å². The normalized spacial score (nSPS) is 15.5. The Bertz CT molecular complexity index is 378. The summed E-state index contributed by atoms with van der Waals surface area (Å²) < 4.78 is 18.6. The van der Waals surface area contributed by atoms with Crippen LogP contribution in [0.25, 0.3) is 0 Å². The number of hydrogen-bond donors (Lipinski definition) is 1. The third kappa shape index (κ3) is 2.04. The van der Waals surface area contributed by atoms with Gasteiger partial charge < -0.3 is 10.5 Å². The maximum absolute atomic E-state index is 13.4. The first kappa shape index (κ1) is 11.0. The number of nitrogen functional groups attached to an aromatic ring is 1. The van der Waals surface area contributed by atoms with Crippen LogP contribution in [0.4, 0.5) is 15.8 Å². The molecule has 1 aliphatic heterocycles. The van der Waals surface area contributed by atoms with Crippen LogP contribution in [0.1, 0.15) is 13.3 Å². The first-order chi connectivity index (χ1) is 7.72. The lowest BCUT2D eigenvalue weighted by molar-refractivity contribution is 0.168. The van der Waals surface area contributed by atoms with E-state index >= 15 is 0 Å². The summed E-state index contributed by atoms with van der Waals surface area (Å²) in [6, 6.07) is 2.85. The molecule has 4 nitrogen and oxygen atoms in total. The van der Waals surface area contributed by atoms with Crippen molar-refractivity contribution in [3.63, 3.8) is 0 Å². The second-order valence-electron chi connectivity index (χ2n) is 3.56. The van der Waals surface area contributed by atoms with Crippen molar-refractivity contribution in [3.8, 4) is 5.75 Å². The number of halogens is 1. The van der Waals surface area contributed by atoms with Crippen LogP contribution in [-0.4, -0.2) is 19.8 Å². The Labute approximate surface area is 93.7 Å². The van der Waals surface area contributed by atoms with Crippen LogP contribution in [0, 0.1) is 5.82 Å². The maximum atomic E-state index is 13.4. The number of hydrogen-bond acceptors (Lipinski definition) is 4. The average Bonchev–Trinajstić information content (AvgIpc) is 2.75. The van der Waals surface area contributed by atoms with Crippen molar-refractivity contribution in [3.05, 3.63) is 17.9 Å². The highest BCUT2D eigenvalue weighted by atomic mass is 19.1. The lowest BCUT2D eigenvalue weighted by atomic mass is 10.2. The Morgan fingerprint density at radius 3 is 3.00 bits per heavy atom. The molecular formula is C11H15FN2O2. The van der Waals surface area contributed by atoms with Crippen molar-refractivity contribution in [1.29, 1.82) is 0 Å². The summed E-state index contributed by atoms with van der Waals surface area (Å²) >= 11 is 0. The predicted octanol–water partition coefficient (Wildman–Crippen LogP) is 1.95. The van der Waals surface area contributed by atoms with E-state index in [-0.39, 0.29) is 5.75 Å². The topological polar surface area (TPSA) is 47.7 Å². The van der Waals surface area contributed by atoms with Gasteiger partial charge in [0.2, 0.25) is 0 Å². The molecule has 0 amide bonds. The summed E-state index contributed by atoms with van der Waals surface area (Å²) in [6.45, 7) is 3.66. The van der Waals surface area contributed by atoms with E-state index in [1.165, 1.54) is 6.07 Å². The van der Waals surface area contributed by atoms with Gasteiger partial charge in [-0.2, -0.15) is 0 Å². The quantitative estimate of drug-likeness (QED) is 0.800. The molecule has 1 heterocycles. The second-order valence-corrected chi connectivity index (χ2v) is 3.56. The summed E-state index contributed by atoms with van der Waals surface area (Å²) in [5.74, 6) is -0.232. The highest BCUT2D eigenvalue weighted by molar-refractivity contribution is 5.69. The van der Waals surface area contributed by atoms with Gasteiger partial charge in [0.1, 0.15) is 0 Å². The Balaban J connectivity index is 2.32. The monoisotopic (exact) mass is 226 g/mol. The molecule has 0 aliphatic carbocycles. The van der Waals surface area contributed by atoms with E-state index in [0.29, 0.717) is 24.6 Å². The fourth-order valence-corrected chi connectivity index (χ4v) is 1.68. The highest BCUT2D eigenvalue weighted by Gasteiger charge is 2.18. The van der Waals surface area contributed by atoms with Crippen LogP contribution >= 0.6 is 0 Å². The van der Waals surface area contributed by atoms with Gasteiger partial charge in [-0.15, -0.1) is 0 Å². The van der Waals surface area contributed by atoms with E-state index in [1.54, 1.807) is 11.1 Å². The van der Waals surface area contributed by atoms with E-state index in [0.717, 1.165) is 13.0 Å². The minimum atomic E-state index is -0.442. The Kier molecular flexibility index (Phi) is 3.14. The van der Waals surface area contributed by atoms with Crippen LogP contribution in [0.15, 0.2) is 12.1 Å². The number of anilines is 2. The van der Waals surface area contributed by atoms with Crippen LogP contribution in [0.3, 0.4) is 0 Å². The smallest absolute Gasteiger partial charge is 0.167 e. The Morgan fingerprint density at radius 2 is 2.38 bits per heavy atom. The van der Waals surface area contributed by atoms with Gasteiger partial charge in [-0.1, -0.05) is 0 Å². The molecule has 0 bridgehead atoms. The highest BCUT2D eigenvalue weighted by Crippen LogP contribution is 2.32. The number of benzene rings is 1. The van der Waals surface area contributed by atoms with Gasteiger partial charge in [-0.25, -0.2) is 4.39 Å². The molecule has 0 saturated carbocycles. The van der Waals surface area contributed by atoms with Crippen molar-refractivity contribution in [2.24, 2.45) is 0 Å². The van der Waals surface area contributed by atoms with Crippen molar-refractivity contribution in [2.45, 2.75) is 13.3 Å². The minimum absolute atomic E-state index is 0.210. The van der Waals surface area contributed by atoms with Crippen LogP contribution in [0.5, 0.6) is 5.75 Å². The molecule has 1 aromatic carbocycles. The molecule has 1 aromatic rings. The summed E-state index contributed by atoms with van der Waals surface area (Å²) in [4.78, 5) is 5.37. The number of rotatable bonds is 3. The van der Waals surface area contributed by atoms with Gasteiger partial charge in [0.25, 0.3) is 0 Å². The Hall–Kier alpha value is -1.49. The minimum Gasteiger partial charge on any atom is -0.491 e. The number of hydroxylamine groups is 1. The van der Waals surface area contributed by atoms with Gasteiger partial charge in [-0.3, -0.25) is 9.90 Å². The summed E-state index contributed by atoms with van der Waals surface area (Å²) in [5.41, 5.74) is 6.78. The first-order valence-electron chi connectivity index (χ1n) is 5.34. The molecule has 1 fully saturated rings. The molecule has 2 rings (SSSR count). The summed E-state index contributed by atoms with van der Waals surface area (Å²) in [7, 11) is 0. The summed E-state index contributed by atoms with van der Waals surface area (Å²) in [5, 5.41) is 1.68. The fraction of sp³-hybridized carbons (Fsp3) is 0.455. The maximum Gasteiger partial charge on any atom is 0.167 e. The van der Waals surface area contributed by atoms with Crippen molar-refractivity contribution in [2.75, 3.05) is 30.6 Å². The third-order valence-electron chi connectivity index (χ3n) is 2.40. The van der Waals surface area contributed by atoms with Crippen LogP contribution < -0.4 is 15.5 Å². The average molecular weight is 226 g/mol. The molecular weight excluding hydrogens is 211 g/mol. The van der Waals surface area contributed by atoms with Gasteiger partial charge in [0, 0.05) is 18.7 Å². The molecule has 2 N–H and O–H groups in total. The SMILES string of the molecule is CCOc1cc(N2CCCO2)c(N)cc1F. The zero-order valence-corrected chi connectivity index (χ0v) is 9.20. The zero-order valence-electron chi connectivity index (χ0n) is 9.20. The predicted molar refractivity (Wildman–Crippen MR) is 59.9 cm³/mol. The standard InChI is InChI=1S/C11H15FN2O2/c1-2-15-11-7-10(9(13)6-8(11)12)14-4-3-5-16-14/h6-7H,2-5,13H2,1H3. The lowest BCUT2D eigenvalue weighted by Crippen LogP contribution is -2.18. The molecule has 1 aliphatic rings. The van der Waals surface area contributed by atoms with Crippen LogP contribution in [-0.2, 0) is 4.84 Å². The fourth-order valence-electron chi connectivity index (χ4n) is 1.68. The van der Waals surface area contributed by atoms with E-state index in [1.807, 2.05) is 6.92 Å². The largest absolute Gasteiger partial charge is 0.491 e. The van der Waals surface area contributed by atoms with Crippen molar-refractivity contribution >= 4 is 11.4 Å². The number of nitrogens with zero attached hydrogens (tertiary/aromatic N) is 1. The molecule has 16 heavy (non-hydrogen) atoms. The van der Waals surface area contributed by atoms with Crippen LogP contribution in [0.2, 0.25) is 0 Å². The molecule has 0 unspecified atom stereocenters. The van der Waals surface area contributed by atoms with E-state index in [4.69, 9.17) is 15.3 Å². The van der Waals surface area contributed by atoms with E-state index in [2.05, 4.69) is 0 Å². The number of ether oxygens (including phenoxy) is 1. The first-order valence-corrected chi connectivity index (χ1v) is 5.34. The number of nitrogens with two attached hydrogens (primary N) is 1. The van der Waals surface area contributed by atoms with Gasteiger partial charge in [0.05, 0.1) is 24.6 Å². The molecule has 5 heteroatoms. The Morgan fingerprint density at radius 1 is 1.56 bits per heavy atom. The summed E-state index contributed by atoms with van der Waals surface area (Å²) in [6.07, 6.45) is 0.945. The molecule has 1 saturated heterocycles. The molecule has 88 valence electrons. The lowest BCUT2D eigenvalue weighted by Gasteiger charge is -2.19. The van der Waals surface area contributed by atoms with Crippen molar-refractivity contribution in [1.82, 2.24) is 0 Å². The van der Waals surface area contributed by atoms with Gasteiger partial charge in [0.15, 0.2) is 11.6 Å². The molecule has 0 aromatic heterocycles. The van der Waals surface area contributed by atoms with Gasteiger partial charge in [-0.05, 0) is 13.3 Å². The molecule has 0 atom stereocenters. The third-order valence-corrected chi connectivity index (χ3v) is 2.40. The molecule has 0 spiro atoms. The zero-order chi connectivity index (χ0) is 11.5. The molecule has 0 radical (unpaired) electrons. The van der Waals surface area contributed by atoms with E-state index < -0.39 is 5.82 Å². The van der Waals surface area contributed by atoms with Crippen molar-refractivity contribution < 1.29 is 14.0 Å². The second kappa shape index (κ2) is 4.57.